The van der Waals surface area contributed by atoms with E-state index in [1.165, 1.54) is 0 Å². The van der Waals surface area contributed by atoms with Crippen LogP contribution in [0.1, 0.15) is 39.0 Å². The second kappa shape index (κ2) is 6.34. The van der Waals surface area contributed by atoms with Crippen LogP contribution in [0.3, 0.4) is 0 Å². The summed E-state index contributed by atoms with van der Waals surface area (Å²) in [6.07, 6.45) is 4.96. The molecular weight excluding hydrogens is 266 g/mol. The molecule has 3 unspecified atom stereocenters. The lowest BCUT2D eigenvalue weighted by atomic mass is 9.92. The van der Waals surface area contributed by atoms with Crippen LogP contribution in [-0.4, -0.2) is 48.9 Å². The van der Waals surface area contributed by atoms with E-state index in [1.54, 1.807) is 0 Å². The molecule has 0 aromatic carbocycles. The van der Waals surface area contributed by atoms with Crippen molar-refractivity contribution in [2.24, 2.45) is 17.8 Å². The predicted molar refractivity (Wildman–Crippen MR) is 80.6 cm³/mol. The van der Waals surface area contributed by atoms with Gasteiger partial charge in [0.1, 0.15) is 0 Å². The number of hydrogen-bond donors (Lipinski definition) is 2. The Morgan fingerprint density at radius 3 is 2.67 bits per heavy atom. The minimum absolute atomic E-state index is 0.0106. The number of carbonyl (C=O) groups excluding carboxylic acids is 2. The fourth-order valence-corrected chi connectivity index (χ4v) is 3.51. The maximum absolute atomic E-state index is 12.5. The van der Waals surface area contributed by atoms with E-state index in [1.807, 2.05) is 4.90 Å². The van der Waals surface area contributed by atoms with Gasteiger partial charge in [-0.2, -0.15) is 0 Å². The Balaban J connectivity index is 1.52. The Kier molecular flexibility index (Phi) is 4.48. The molecule has 1 aliphatic carbocycles. The van der Waals surface area contributed by atoms with E-state index in [2.05, 4.69) is 17.6 Å². The first-order valence-corrected chi connectivity index (χ1v) is 8.45. The number of nitrogens with one attached hydrogen (secondary N) is 2. The second-order valence-corrected chi connectivity index (χ2v) is 6.98. The molecule has 2 aliphatic heterocycles. The van der Waals surface area contributed by atoms with Crippen molar-refractivity contribution < 1.29 is 9.59 Å². The van der Waals surface area contributed by atoms with E-state index >= 15 is 0 Å². The van der Waals surface area contributed by atoms with E-state index in [0.717, 1.165) is 51.7 Å². The third kappa shape index (κ3) is 3.57. The molecule has 2 saturated heterocycles. The van der Waals surface area contributed by atoms with Crippen molar-refractivity contribution >= 4 is 11.8 Å². The molecule has 21 heavy (non-hydrogen) atoms. The molecule has 118 valence electrons. The third-order valence-electron chi connectivity index (χ3n) is 5.14. The summed E-state index contributed by atoms with van der Waals surface area (Å²) in [6, 6.07) is 0.285. The van der Waals surface area contributed by atoms with Crippen molar-refractivity contribution in [1.82, 2.24) is 15.5 Å². The summed E-state index contributed by atoms with van der Waals surface area (Å²) in [7, 11) is 0. The van der Waals surface area contributed by atoms with E-state index in [-0.39, 0.29) is 29.7 Å². The first kappa shape index (κ1) is 14.8. The van der Waals surface area contributed by atoms with Gasteiger partial charge in [0.2, 0.25) is 11.8 Å². The lowest BCUT2D eigenvalue weighted by molar-refractivity contribution is -0.137. The minimum Gasteiger partial charge on any atom is -0.353 e. The molecule has 0 spiro atoms. The number of piperidine rings is 2. The zero-order chi connectivity index (χ0) is 14.8. The number of rotatable bonds is 3. The van der Waals surface area contributed by atoms with Gasteiger partial charge in [-0.05, 0) is 51.1 Å². The summed E-state index contributed by atoms with van der Waals surface area (Å²) in [4.78, 5) is 26.6. The number of amides is 2. The number of hydrogen-bond acceptors (Lipinski definition) is 3. The molecule has 2 N–H and O–H groups in total. The van der Waals surface area contributed by atoms with Crippen molar-refractivity contribution in [3.63, 3.8) is 0 Å². The average molecular weight is 293 g/mol. The molecular formula is C16H27N3O2. The smallest absolute Gasteiger partial charge is 0.225 e. The SMILES string of the molecule is CC1CNCCC1NC(=O)C1CCCN(C(=O)C2CC2)C1. The van der Waals surface area contributed by atoms with Gasteiger partial charge < -0.3 is 15.5 Å². The number of likely N-dealkylation sites (tertiary alicyclic amines) is 1. The molecule has 2 heterocycles. The third-order valence-corrected chi connectivity index (χ3v) is 5.14. The van der Waals surface area contributed by atoms with Crippen LogP contribution >= 0.6 is 0 Å². The maximum atomic E-state index is 12.5. The first-order valence-electron chi connectivity index (χ1n) is 8.45. The summed E-state index contributed by atoms with van der Waals surface area (Å²) in [5.41, 5.74) is 0. The highest BCUT2D eigenvalue weighted by Crippen LogP contribution is 2.32. The molecule has 0 aromatic rings. The van der Waals surface area contributed by atoms with Crippen molar-refractivity contribution in [2.45, 2.75) is 45.1 Å². The Hall–Kier alpha value is -1.10. The first-order chi connectivity index (χ1) is 10.1. The van der Waals surface area contributed by atoms with E-state index < -0.39 is 0 Å². The Bertz CT molecular complexity index is 408. The number of carbonyl (C=O) groups is 2. The van der Waals surface area contributed by atoms with Crippen LogP contribution < -0.4 is 10.6 Å². The molecule has 0 bridgehead atoms. The summed E-state index contributed by atoms with van der Waals surface area (Å²) in [5, 5.41) is 6.58. The largest absolute Gasteiger partial charge is 0.353 e. The highest BCUT2D eigenvalue weighted by atomic mass is 16.2. The maximum Gasteiger partial charge on any atom is 0.225 e. The van der Waals surface area contributed by atoms with Crippen LogP contribution in [0.15, 0.2) is 0 Å². The molecule has 5 nitrogen and oxygen atoms in total. The van der Waals surface area contributed by atoms with Crippen LogP contribution in [-0.2, 0) is 9.59 Å². The zero-order valence-electron chi connectivity index (χ0n) is 12.9. The van der Waals surface area contributed by atoms with Crippen molar-refractivity contribution in [3.8, 4) is 0 Å². The Labute approximate surface area is 126 Å². The monoisotopic (exact) mass is 293 g/mol. The van der Waals surface area contributed by atoms with Crippen molar-refractivity contribution in [3.05, 3.63) is 0 Å². The van der Waals surface area contributed by atoms with Gasteiger partial charge in [0, 0.05) is 25.0 Å². The highest BCUT2D eigenvalue weighted by molar-refractivity contribution is 5.83. The van der Waals surface area contributed by atoms with Gasteiger partial charge in [0.15, 0.2) is 0 Å². The fourth-order valence-electron chi connectivity index (χ4n) is 3.51. The molecule has 2 amide bonds. The van der Waals surface area contributed by atoms with Crippen LogP contribution in [0.5, 0.6) is 0 Å². The molecule has 0 radical (unpaired) electrons. The lowest BCUT2D eigenvalue weighted by Gasteiger charge is -2.35. The van der Waals surface area contributed by atoms with Crippen LogP contribution in [0, 0.1) is 17.8 Å². The highest BCUT2D eigenvalue weighted by Gasteiger charge is 2.37. The van der Waals surface area contributed by atoms with E-state index in [9.17, 15) is 9.59 Å². The lowest BCUT2D eigenvalue weighted by Crippen LogP contribution is -2.52. The quantitative estimate of drug-likeness (QED) is 0.807. The zero-order valence-corrected chi connectivity index (χ0v) is 12.9. The van der Waals surface area contributed by atoms with Gasteiger partial charge in [0.05, 0.1) is 5.92 Å². The van der Waals surface area contributed by atoms with Crippen LogP contribution in [0.4, 0.5) is 0 Å². The molecule has 5 heteroatoms. The van der Waals surface area contributed by atoms with Crippen molar-refractivity contribution in [2.75, 3.05) is 26.2 Å². The van der Waals surface area contributed by atoms with Gasteiger partial charge in [-0.1, -0.05) is 6.92 Å². The fraction of sp³-hybridized carbons (Fsp3) is 0.875. The van der Waals surface area contributed by atoms with Crippen LogP contribution in [0.25, 0.3) is 0 Å². The Morgan fingerprint density at radius 2 is 1.95 bits per heavy atom. The van der Waals surface area contributed by atoms with Crippen LogP contribution in [0.2, 0.25) is 0 Å². The predicted octanol–water partition coefficient (Wildman–Crippen LogP) is 0.749. The van der Waals surface area contributed by atoms with Gasteiger partial charge in [0.25, 0.3) is 0 Å². The summed E-state index contributed by atoms with van der Waals surface area (Å²) < 4.78 is 0. The van der Waals surface area contributed by atoms with Gasteiger partial charge in [-0.25, -0.2) is 0 Å². The second-order valence-electron chi connectivity index (χ2n) is 6.98. The number of nitrogens with zero attached hydrogens (tertiary/aromatic N) is 1. The summed E-state index contributed by atoms with van der Waals surface area (Å²) in [5.74, 6) is 1.17. The summed E-state index contributed by atoms with van der Waals surface area (Å²) in [6.45, 7) is 5.60. The molecule has 0 aromatic heterocycles. The molecule has 1 saturated carbocycles. The van der Waals surface area contributed by atoms with Gasteiger partial charge in [-0.3, -0.25) is 9.59 Å². The van der Waals surface area contributed by atoms with E-state index in [0.29, 0.717) is 12.5 Å². The average Bonchev–Trinajstić information content (AvgIpc) is 3.34. The van der Waals surface area contributed by atoms with E-state index in [4.69, 9.17) is 0 Å². The summed E-state index contributed by atoms with van der Waals surface area (Å²) >= 11 is 0. The van der Waals surface area contributed by atoms with Crippen molar-refractivity contribution in [1.29, 1.82) is 0 Å². The standard InChI is InChI=1S/C16H27N3O2/c1-11-9-17-7-6-14(11)18-15(20)13-3-2-8-19(10-13)16(21)12-4-5-12/h11-14,17H,2-10H2,1H3,(H,18,20). The normalized spacial score (nSPS) is 33.6. The molecule has 3 atom stereocenters. The van der Waals surface area contributed by atoms with Gasteiger partial charge in [-0.15, -0.1) is 0 Å². The molecule has 3 aliphatic rings. The Morgan fingerprint density at radius 1 is 1.14 bits per heavy atom. The molecule has 3 fully saturated rings. The topological polar surface area (TPSA) is 61.4 Å². The molecule has 3 rings (SSSR count). The van der Waals surface area contributed by atoms with Gasteiger partial charge >= 0.3 is 0 Å². The minimum atomic E-state index is -0.0106.